The summed E-state index contributed by atoms with van der Waals surface area (Å²) in [7, 11) is 0. The molecule has 1 unspecified atom stereocenters. The number of hydrogen-bond acceptors (Lipinski definition) is 2. The van der Waals surface area contributed by atoms with Crippen molar-refractivity contribution >= 4 is 43.0 Å². The molecule has 3 aromatic rings. The van der Waals surface area contributed by atoms with Crippen molar-refractivity contribution in [2.75, 3.05) is 0 Å². The number of hydrogen-bond donors (Lipinski definition) is 1. The maximum Gasteiger partial charge on any atom is 0.417 e. The van der Waals surface area contributed by atoms with Gasteiger partial charge in [-0.25, -0.2) is 9.18 Å². The molecule has 102 valence electrons. The highest BCUT2D eigenvalue weighted by Gasteiger charge is 2.15. The van der Waals surface area contributed by atoms with Crippen LogP contribution in [0.15, 0.2) is 50.1 Å². The average Bonchev–Trinajstić information content (AvgIpc) is 2.77. The van der Waals surface area contributed by atoms with Crippen LogP contribution < -0.4 is 5.76 Å². The molecule has 0 aliphatic carbocycles. The Morgan fingerprint density at radius 2 is 2.00 bits per heavy atom. The molecule has 0 fully saturated rings. The van der Waals surface area contributed by atoms with E-state index in [1.165, 1.54) is 12.1 Å². The van der Waals surface area contributed by atoms with Gasteiger partial charge in [0.25, 0.3) is 0 Å². The van der Waals surface area contributed by atoms with Crippen LogP contribution in [0.3, 0.4) is 0 Å². The number of nitrogens with one attached hydrogen (secondary N) is 1. The molecule has 1 aromatic heterocycles. The third kappa shape index (κ3) is 2.45. The van der Waals surface area contributed by atoms with Crippen molar-refractivity contribution in [1.82, 2.24) is 4.98 Å². The van der Waals surface area contributed by atoms with Gasteiger partial charge < -0.3 is 4.42 Å². The van der Waals surface area contributed by atoms with Gasteiger partial charge in [0.2, 0.25) is 0 Å². The minimum absolute atomic E-state index is 0.137. The predicted molar refractivity (Wildman–Crippen MR) is 81.7 cm³/mol. The Kier molecular flexibility index (Phi) is 3.52. The van der Waals surface area contributed by atoms with Crippen molar-refractivity contribution in [2.24, 2.45) is 0 Å². The second-order valence-electron chi connectivity index (χ2n) is 4.30. The first-order valence-corrected chi connectivity index (χ1v) is 7.47. The van der Waals surface area contributed by atoms with E-state index in [0.717, 1.165) is 11.1 Å². The Bertz CT molecular complexity index is 841. The molecule has 20 heavy (non-hydrogen) atoms. The maximum atomic E-state index is 13.1. The fourth-order valence-electron chi connectivity index (χ4n) is 2.01. The zero-order valence-corrected chi connectivity index (χ0v) is 13.2. The molecule has 0 aliphatic heterocycles. The predicted octanol–water partition coefficient (Wildman–Crippen LogP) is 4.51. The second kappa shape index (κ2) is 5.18. The summed E-state index contributed by atoms with van der Waals surface area (Å²) in [5.41, 5.74) is 2.95. The molecule has 0 amide bonds. The molecule has 3 rings (SSSR count). The lowest BCUT2D eigenvalue weighted by molar-refractivity contribution is 0.555. The molecule has 0 bridgehead atoms. The lowest BCUT2D eigenvalue weighted by atomic mass is 10.0. The van der Waals surface area contributed by atoms with E-state index in [4.69, 9.17) is 4.42 Å². The Balaban J connectivity index is 2.06. The van der Waals surface area contributed by atoms with Crippen molar-refractivity contribution in [3.8, 4) is 0 Å². The molecule has 0 saturated heterocycles. The average molecular weight is 401 g/mol. The monoisotopic (exact) mass is 399 g/mol. The van der Waals surface area contributed by atoms with E-state index in [1.54, 1.807) is 18.2 Å². The molecule has 1 atom stereocenters. The number of rotatable bonds is 2. The summed E-state index contributed by atoms with van der Waals surface area (Å²) in [5, 5.41) is 0. The first kappa shape index (κ1) is 13.6. The number of H-pyrrole nitrogens is 1. The van der Waals surface area contributed by atoms with Crippen molar-refractivity contribution in [3.63, 3.8) is 0 Å². The Morgan fingerprint density at radius 3 is 2.75 bits per heavy atom. The smallest absolute Gasteiger partial charge is 0.408 e. The highest BCUT2D eigenvalue weighted by molar-refractivity contribution is 9.11. The topological polar surface area (TPSA) is 46.0 Å². The summed E-state index contributed by atoms with van der Waals surface area (Å²) >= 11 is 6.93. The fraction of sp³-hybridized carbons (Fsp3) is 0.0714. The van der Waals surface area contributed by atoms with Gasteiger partial charge in [0.05, 0.1) is 10.3 Å². The Hall–Kier alpha value is -1.40. The van der Waals surface area contributed by atoms with Crippen LogP contribution in [0.5, 0.6) is 0 Å². The second-order valence-corrected chi connectivity index (χ2v) is 6.07. The zero-order chi connectivity index (χ0) is 14.3. The molecular formula is C14H8Br2FNO2. The van der Waals surface area contributed by atoms with Gasteiger partial charge in [0.15, 0.2) is 5.58 Å². The third-order valence-corrected chi connectivity index (χ3v) is 4.68. The minimum atomic E-state index is -0.480. The molecular weight excluding hydrogens is 393 g/mol. The van der Waals surface area contributed by atoms with Crippen LogP contribution in [0.1, 0.15) is 16.0 Å². The van der Waals surface area contributed by atoms with Crippen LogP contribution in [-0.2, 0) is 0 Å². The van der Waals surface area contributed by atoms with Crippen molar-refractivity contribution < 1.29 is 8.81 Å². The SMILES string of the molecule is O=c1[nH]c2ccc(C(Br)c3ccc(F)cc3Br)cc2o1. The number of halogens is 3. The van der Waals surface area contributed by atoms with Gasteiger partial charge in [-0.05, 0) is 35.4 Å². The minimum Gasteiger partial charge on any atom is -0.408 e. The van der Waals surface area contributed by atoms with Crippen molar-refractivity contribution in [1.29, 1.82) is 0 Å². The number of alkyl halides is 1. The number of benzene rings is 2. The molecule has 3 nitrogen and oxygen atoms in total. The number of aromatic amines is 1. The van der Waals surface area contributed by atoms with Crippen LogP contribution >= 0.6 is 31.9 Å². The summed E-state index contributed by atoms with van der Waals surface area (Å²) in [6.45, 7) is 0. The van der Waals surface area contributed by atoms with Gasteiger partial charge in [-0.3, -0.25) is 4.98 Å². The Morgan fingerprint density at radius 1 is 1.20 bits per heavy atom. The molecule has 0 saturated carbocycles. The van der Waals surface area contributed by atoms with E-state index in [-0.39, 0.29) is 10.6 Å². The van der Waals surface area contributed by atoms with Crippen LogP contribution in [0.4, 0.5) is 4.39 Å². The highest BCUT2D eigenvalue weighted by Crippen LogP contribution is 2.36. The van der Waals surface area contributed by atoms with E-state index in [2.05, 4.69) is 36.8 Å². The molecule has 0 aliphatic rings. The van der Waals surface area contributed by atoms with Gasteiger partial charge in [-0.1, -0.05) is 44.0 Å². The fourth-order valence-corrected chi connectivity index (χ4v) is 3.58. The first-order valence-electron chi connectivity index (χ1n) is 5.76. The summed E-state index contributed by atoms with van der Waals surface area (Å²) in [5.74, 6) is -0.779. The first-order chi connectivity index (χ1) is 9.54. The molecule has 1 N–H and O–H groups in total. The van der Waals surface area contributed by atoms with E-state index < -0.39 is 5.76 Å². The van der Waals surface area contributed by atoms with E-state index in [0.29, 0.717) is 15.6 Å². The number of aromatic nitrogens is 1. The van der Waals surface area contributed by atoms with Crippen LogP contribution in [0.2, 0.25) is 0 Å². The van der Waals surface area contributed by atoms with Gasteiger partial charge in [0, 0.05) is 4.47 Å². The maximum absolute atomic E-state index is 13.1. The summed E-state index contributed by atoms with van der Waals surface area (Å²) in [6, 6.07) is 9.96. The van der Waals surface area contributed by atoms with Crippen LogP contribution in [0.25, 0.3) is 11.1 Å². The van der Waals surface area contributed by atoms with Gasteiger partial charge >= 0.3 is 5.76 Å². The van der Waals surface area contributed by atoms with E-state index in [1.807, 2.05) is 6.07 Å². The molecule has 0 radical (unpaired) electrons. The van der Waals surface area contributed by atoms with Crippen molar-refractivity contribution in [3.05, 3.63) is 68.4 Å². The molecule has 0 spiro atoms. The van der Waals surface area contributed by atoms with Gasteiger partial charge in [-0.15, -0.1) is 0 Å². The van der Waals surface area contributed by atoms with Crippen LogP contribution in [0, 0.1) is 5.82 Å². The van der Waals surface area contributed by atoms with E-state index >= 15 is 0 Å². The third-order valence-electron chi connectivity index (χ3n) is 2.97. The largest absolute Gasteiger partial charge is 0.417 e. The number of oxazole rings is 1. The van der Waals surface area contributed by atoms with Crippen LogP contribution in [-0.4, -0.2) is 4.98 Å². The van der Waals surface area contributed by atoms with Crippen molar-refractivity contribution in [2.45, 2.75) is 4.83 Å². The summed E-state index contributed by atoms with van der Waals surface area (Å²) < 4.78 is 18.8. The Labute approximate surface area is 130 Å². The van der Waals surface area contributed by atoms with Gasteiger partial charge in [0.1, 0.15) is 5.82 Å². The summed E-state index contributed by atoms with van der Waals surface area (Å²) in [4.78, 5) is 13.6. The molecule has 1 heterocycles. The molecule has 6 heteroatoms. The van der Waals surface area contributed by atoms with Gasteiger partial charge in [-0.2, -0.15) is 0 Å². The summed E-state index contributed by atoms with van der Waals surface area (Å²) in [6.07, 6.45) is 0. The lowest BCUT2D eigenvalue weighted by Crippen LogP contribution is -1.94. The normalized spacial score (nSPS) is 12.8. The quantitative estimate of drug-likeness (QED) is 0.643. The molecule has 2 aromatic carbocycles. The highest BCUT2D eigenvalue weighted by atomic mass is 79.9. The number of fused-ring (bicyclic) bond motifs is 1. The lowest BCUT2D eigenvalue weighted by Gasteiger charge is -2.12. The zero-order valence-electron chi connectivity index (χ0n) is 9.99. The standard InChI is InChI=1S/C14H8Br2FNO2/c15-10-6-8(17)2-3-9(10)13(16)7-1-4-11-12(5-7)20-14(19)18-11/h1-6,13H,(H,18,19). The van der Waals surface area contributed by atoms with E-state index in [9.17, 15) is 9.18 Å².